The van der Waals surface area contributed by atoms with E-state index in [0.717, 1.165) is 0 Å². The summed E-state index contributed by atoms with van der Waals surface area (Å²) in [6.07, 6.45) is -5.45. The van der Waals surface area contributed by atoms with Crippen molar-refractivity contribution < 1.29 is 61.8 Å². The second-order valence-electron chi connectivity index (χ2n) is 5.39. The molecule has 0 saturated heterocycles. The van der Waals surface area contributed by atoms with Crippen molar-refractivity contribution in [3.8, 4) is 5.75 Å². The molecule has 168 valence electrons. The third-order valence-corrected chi connectivity index (χ3v) is 4.22. The number of methoxy groups -OCH3 is 1. The first-order valence-electron chi connectivity index (χ1n) is 7.02. The summed E-state index contributed by atoms with van der Waals surface area (Å²) in [5.74, 6) is -10.7. The van der Waals surface area contributed by atoms with Crippen molar-refractivity contribution in [3.63, 3.8) is 0 Å². The summed E-state index contributed by atoms with van der Waals surface area (Å²) in [6, 6.07) is 0.402. The van der Waals surface area contributed by atoms with Crippen LogP contribution in [0.4, 0.5) is 49.6 Å². The first kappa shape index (κ1) is 25.1. The minimum Gasteiger partial charge on any atom is -0.487 e. The van der Waals surface area contributed by atoms with Crippen molar-refractivity contribution in [2.24, 2.45) is 0 Å². The molecule has 1 aromatic carbocycles. The van der Waals surface area contributed by atoms with Gasteiger partial charge in [0.15, 0.2) is 6.61 Å². The highest BCUT2D eigenvalue weighted by atomic mass is 32.2. The standard InChI is InChI=1S/C13H11F10NO4S/c1-27-5-10(14,15)11(16,17)6-28-7-2-3-9(8(4-7)12(18,19)20)24-29(25,26)13(21,22)23/h2-4,24H,5-6H2,1H3. The number of nitrogens with one attached hydrogen (secondary N) is 1. The van der Waals surface area contributed by atoms with Gasteiger partial charge in [-0.25, -0.2) is 0 Å². The number of halogens is 10. The lowest BCUT2D eigenvalue weighted by Crippen LogP contribution is -2.48. The highest BCUT2D eigenvalue weighted by Gasteiger charge is 2.57. The highest BCUT2D eigenvalue weighted by Crippen LogP contribution is 2.40. The van der Waals surface area contributed by atoms with Crippen LogP contribution in [0.3, 0.4) is 0 Å². The Labute approximate surface area is 156 Å². The third-order valence-electron chi connectivity index (χ3n) is 3.13. The SMILES string of the molecule is COCC(F)(F)C(F)(F)COc1ccc(NS(=O)(=O)C(F)(F)F)c(C(F)(F)F)c1. The Hall–Kier alpha value is -1.97. The molecule has 0 saturated carbocycles. The van der Waals surface area contributed by atoms with Gasteiger partial charge in [0.1, 0.15) is 12.4 Å². The Morgan fingerprint density at radius 2 is 1.41 bits per heavy atom. The largest absolute Gasteiger partial charge is 0.516 e. The Morgan fingerprint density at radius 3 is 1.86 bits per heavy atom. The fourth-order valence-electron chi connectivity index (χ4n) is 1.71. The van der Waals surface area contributed by atoms with Crippen LogP contribution in [0.5, 0.6) is 5.75 Å². The van der Waals surface area contributed by atoms with Gasteiger partial charge < -0.3 is 9.47 Å². The quantitative estimate of drug-likeness (QED) is 0.581. The van der Waals surface area contributed by atoms with Gasteiger partial charge >= 0.3 is 33.6 Å². The minimum atomic E-state index is -6.23. The maximum Gasteiger partial charge on any atom is 0.516 e. The molecule has 0 aliphatic rings. The number of hydrogen-bond acceptors (Lipinski definition) is 4. The number of benzene rings is 1. The van der Waals surface area contributed by atoms with Gasteiger partial charge in [-0.05, 0) is 18.2 Å². The van der Waals surface area contributed by atoms with Gasteiger partial charge in [-0.15, -0.1) is 0 Å². The van der Waals surface area contributed by atoms with Gasteiger partial charge in [0.25, 0.3) is 0 Å². The van der Waals surface area contributed by atoms with Crippen molar-refractivity contribution in [2.75, 3.05) is 25.0 Å². The average molecular weight is 467 g/mol. The van der Waals surface area contributed by atoms with Crippen LogP contribution in [0.2, 0.25) is 0 Å². The summed E-state index contributed by atoms with van der Waals surface area (Å²) in [4.78, 5) is 0. The van der Waals surface area contributed by atoms with E-state index < -0.39 is 63.8 Å². The fourth-order valence-corrected chi connectivity index (χ4v) is 2.29. The summed E-state index contributed by atoms with van der Waals surface area (Å²) in [7, 11) is -5.54. The molecule has 16 heteroatoms. The average Bonchev–Trinajstić information content (AvgIpc) is 2.51. The molecule has 0 aliphatic heterocycles. The zero-order valence-corrected chi connectivity index (χ0v) is 14.8. The van der Waals surface area contributed by atoms with Crippen LogP contribution >= 0.6 is 0 Å². The third kappa shape index (κ3) is 6.01. The Balaban J connectivity index is 3.19. The van der Waals surface area contributed by atoms with Crippen LogP contribution in [-0.4, -0.2) is 46.1 Å². The van der Waals surface area contributed by atoms with E-state index in [1.807, 2.05) is 0 Å². The van der Waals surface area contributed by atoms with Gasteiger partial charge in [-0.3, -0.25) is 4.72 Å². The van der Waals surface area contributed by atoms with E-state index in [1.54, 1.807) is 0 Å². The van der Waals surface area contributed by atoms with E-state index in [4.69, 9.17) is 0 Å². The molecule has 0 aromatic heterocycles. The van der Waals surface area contributed by atoms with Crippen molar-refractivity contribution in [1.29, 1.82) is 0 Å². The smallest absolute Gasteiger partial charge is 0.487 e. The molecule has 0 fully saturated rings. The molecule has 1 rings (SSSR count). The molecule has 0 radical (unpaired) electrons. The van der Waals surface area contributed by atoms with Gasteiger partial charge in [-0.1, -0.05) is 0 Å². The van der Waals surface area contributed by atoms with Crippen LogP contribution < -0.4 is 9.46 Å². The summed E-state index contributed by atoms with van der Waals surface area (Å²) < 4.78 is 160. The monoisotopic (exact) mass is 467 g/mol. The number of rotatable bonds is 8. The first-order chi connectivity index (χ1) is 12.8. The molecular weight excluding hydrogens is 456 g/mol. The number of alkyl halides is 10. The fraction of sp³-hybridized carbons (Fsp3) is 0.538. The van der Waals surface area contributed by atoms with E-state index in [9.17, 15) is 52.3 Å². The molecule has 0 amide bonds. The van der Waals surface area contributed by atoms with Crippen LogP contribution in [0.1, 0.15) is 5.56 Å². The lowest BCUT2D eigenvalue weighted by Gasteiger charge is -2.26. The van der Waals surface area contributed by atoms with Gasteiger partial charge in [0.2, 0.25) is 0 Å². The van der Waals surface area contributed by atoms with Gasteiger partial charge in [0, 0.05) is 7.11 Å². The lowest BCUT2D eigenvalue weighted by molar-refractivity contribution is -0.239. The Morgan fingerprint density at radius 1 is 0.897 bits per heavy atom. The van der Waals surface area contributed by atoms with Crippen molar-refractivity contribution in [1.82, 2.24) is 0 Å². The van der Waals surface area contributed by atoms with Crippen LogP contribution in [-0.2, 0) is 20.9 Å². The summed E-state index contributed by atoms with van der Waals surface area (Å²) >= 11 is 0. The molecule has 0 atom stereocenters. The Kier molecular flexibility index (Phi) is 6.95. The van der Waals surface area contributed by atoms with Crippen LogP contribution in [0, 0.1) is 0 Å². The van der Waals surface area contributed by atoms with Crippen LogP contribution in [0.25, 0.3) is 0 Å². The second-order valence-corrected chi connectivity index (χ2v) is 7.06. The Bertz CT molecular complexity index is 820. The van der Waals surface area contributed by atoms with Crippen molar-refractivity contribution in [3.05, 3.63) is 23.8 Å². The van der Waals surface area contributed by atoms with E-state index in [1.165, 1.54) is 0 Å². The van der Waals surface area contributed by atoms with E-state index in [-0.39, 0.29) is 12.1 Å². The number of ether oxygens (including phenoxy) is 2. The number of sulfonamides is 1. The topological polar surface area (TPSA) is 64.6 Å². The predicted octanol–water partition coefficient (Wildman–Crippen LogP) is 4.26. The normalized spacial score (nSPS) is 14.0. The molecule has 0 spiro atoms. The van der Waals surface area contributed by atoms with Gasteiger partial charge in [0.05, 0.1) is 11.3 Å². The number of hydrogen-bond donors (Lipinski definition) is 1. The van der Waals surface area contributed by atoms with E-state index >= 15 is 0 Å². The predicted molar refractivity (Wildman–Crippen MR) is 77.3 cm³/mol. The van der Waals surface area contributed by atoms with Gasteiger partial charge in [-0.2, -0.15) is 52.3 Å². The molecule has 1 aromatic rings. The first-order valence-corrected chi connectivity index (χ1v) is 8.50. The second kappa shape index (κ2) is 8.04. The molecule has 1 N–H and O–H groups in total. The molecule has 0 bridgehead atoms. The van der Waals surface area contributed by atoms with E-state index in [0.29, 0.717) is 17.9 Å². The van der Waals surface area contributed by atoms with Crippen LogP contribution in [0.15, 0.2) is 18.2 Å². The summed E-state index contributed by atoms with van der Waals surface area (Å²) in [5, 5.41) is 0. The summed E-state index contributed by atoms with van der Waals surface area (Å²) in [5.41, 5.74) is -9.56. The zero-order chi connectivity index (χ0) is 22.9. The molecule has 5 nitrogen and oxygen atoms in total. The minimum absolute atomic E-state index is 0.126. The summed E-state index contributed by atoms with van der Waals surface area (Å²) in [6.45, 7) is -3.83. The molecule has 0 heterocycles. The lowest BCUT2D eigenvalue weighted by atomic mass is 10.1. The maximum atomic E-state index is 13.4. The highest BCUT2D eigenvalue weighted by molar-refractivity contribution is 7.93. The molecule has 29 heavy (non-hydrogen) atoms. The van der Waals surface area contributed by atoms with E-state index in [2.05, 4.69) is 9.47 Å². The maximum absolute atomic E-state index is 13.4. The zero-order valence-electron chi connectivity index (χ0n) is 14.0. The molecule has 0 aliphatic carbocycles. The molecule has 0 unspecified atom stereocenters. The van der Waals surface area contributed by atoms with Crippen molar-refractivity contribution in [2.45, 2.75) is 23.5 Å². The molecular formula is C13H11F10NO4S. The number of anilines is 1. The van der Waals surface area contributed by atoms with Crippen molar-refractivity contribution >= 4 is 15.7 Å².